The molecule has 0 radical (unpaired) electrons. The van der Waals surface area contributed by atoms with Crippen molar-refractivity contribution in [2.24, 2.45) is 0 Å². The second-order valence-corrected chi connectivity index (χ2v) is 3.00. The minimum atomic E-state index is -1.43. The van der Waals surface area contributed by atoms with Gasteiger partial charge in [-0.25, -0.2) is 0 Å². The van der Waals surface area contributed by atoms with Crippen molar-refractivity contribution in [3.8, 4) is 0 Å². The molecule has 4 heteroatoms. The van der Waals surface area contributed by atoms with Gasteiger partial charge in [0.1, 0.15) is 0 Å². The highest BCUT2D eigenvalue weighted by molar-refractivity contribution is 5.81. The molecule has 2 aromatic rings. The van der Waals surface area contributed by atoms with Gasteiger partial charge in [0.15, 0.2) is 6.29 Å². The molecule has 0 unspecified atom stereocenters. The van der Waals surface area contributed by atoms with Gasteiger partial charge in [0, 0.05) is 16.6 Å². The molecule has 4 nitrogen and oxygen atoms in total. The summed E-state index contributed by atoms with van der Waals surface area (Å²) in [5.74, 6) is 0. The Kier molecular flexibility index (Phi) is 1.79. The molecule has 1 heterocycles. The summed E-state index contributed by atoms with van der Waals surface area (Å²) in [5, 5.41) is 25.7. The Bertz CT molecular complexity index is 434. The molecule has 0 saturated heterocycles. The van der Waals surface area contributed by atoms with Gasteiger partial charge in [-0.3, -0.25) is 5.10 Å². The van der Waals surface area contributed by atoms with E-state index in [2.05, 4.69) is 10.2 Å². The first-order valence-electron chi connectivity index (χ1n) is 3.99. The highest BCUT2D eigenvalue weighted by Gasteiger charge is 2.06. The number of rotatable bonds is 1. The van der Waals surface area contributed by atoms with Gasteiger partial charge in [0.2, 0.25) is 0 Å². The van der Waals surface area contributed by atoms with Gasteiger partial charge in [-0.05, 0) is 13.0 Å². The maximum Gasteiger partial charge on any atom is 0.178 e. The minimum absolute atomic E-state index is 0.457. The predicted molar refractivity (Wildman–Crippen MR) is 48.0 cm³/mol. The first-order valence-corrected chi connectivity index (χ1v) is 3.99. The Hall–Kier alpha value is -1.39. The number of aromatic nitrogens is 2. The Morgan fingerprint density at radius 1 is 1.38 bits per heavy atom. The summed E-state index contributed by atoms with van der Waals surface area (Å²) in [4.78, 5) is 0. The van der Waals surface area contributed by atoms with Gasteiger partial charge < -0.3 is 10.2 Å². The van der Waals surface area contributed by atoms with E-state index in [0.717, 1.165) is 16.6 Å². The van der Waals surface area contributed by atoms with E-state index in [1.165, 1.54) is 0 Å². The fourth-order valence-electron chi connectivity index (χ4n) is 1.32. The molecular formula is C9H10N2O2. The largest absolute Gasteiger partial charge is 0.364 e. The zero-order valence-electron chi connectivity index (χ0n) is 7.15. The molecule has 3 N–H and O–H groups in total. The van der Waals surface area contributed by atoms with E-state index in [1.807, 2.05) is 13.0 Å². The zero-order valence-corrected chi connectivity index (χ0v) is 7.15. The van der Waals surface area contributed by atoms with Crippen molar-refractivity contribution in [2.75, 3.05) is 0 Å². The third-order valence-electron chi connectivity index (χ3n) is 2.07. The van der Waals surface area contributed by atoms with Crippen LogP contribution in [-0.4, -0.2) is 20.4 Å². The zero-order chi connectivity index (χ0) is 9.42. The van der Waals surface area contributed by atoms with Crippen LogP contribution in [0.3, 0.4) is 0 Å². The summed E-state index contributed by atoms with van der Waals surface area (Å²) in [5.41, 5.74) is 2.19. The Balaban J connectivity index is 2.63. The van der Waals surface area contributed by atoms with Gasteiger partial charge in [0.05, 0.1) is 5.52 Å². The van der Waals surface area contributed by atoms with Crippen LogP contribution in [0.25, 0.3) is 10.9 Å². The molecule has 0 aliphatic heterocycles. The maximum atomic E-state index is 8.91. The number of aliphatic hydroxyl groups is 2. The number of aliphatic hydroxyl groups excluding tert-OH is 1. The average Bonchev–Trinajstić information content (AvgIpc) is 2.47. The SMILES string of the molecule is Cc1[nH]nc2cc(C(O)O)ccc12. The van der Waals surface area contributed by atoms with Crippen molar-refractivity contribution in [2.45, 2.75) is 13.2 Å². The van der Waals surface area contributed by atoms with Crippen LogP contribution in [0.2, 0.25) is 0 Å². The highest BCUT2D eigenvalue weighted by Crippen LogP contribution is 2.19. The third-order valence-corrected chi connectivity index (χ3v) is 2.07. The van der Waals surface area contributed by atoms with E-state index in [4.69, 9.17) is 10.2 Å². The van der Waals surface area contributed by atoms with Crippen LogP contribution < -0.4 is 0 Å². The van der Waals surface area contributed by atoms with Gasteiger partial charge in [0.25, 0.3) is 0 Å². The van der Waals surface area contributed by atoms with E-state index in [9.17, 15) is 0 Å². The second-order valence-electron chi connectivity index (χ2n) is 3.00. The molecule has 0 bridgehead atoms. The normalized spacial score (nSPS) is 11.4. The van der Waals surface area contributed by atoms with Crippen LogP contribution in [0.5, 0.6) is 0 Å². The van der Waals surface area contributed by atoms with E-state index < -0.39 is 6.29 Å². The van der Waals surface area contributed by atoms with Crippen molar-refractivity contribution in [3.63, 3.8) is 0 Å². The van der Waals surface area contributed by atoms with E-state index >= 15 is 0 Å². The molecule has 68 valence electrons. The van der Waals surface area contributed by atoms with E-state index in [-0.39, 0.29) is 0 Å². The molecular weight excluding hydrogens is 168 g/mol. The van der Waals surface area contributed by atoms with Crippen molar-refractivity contribution in [3.05, 3.63) is 29.5 Å². The van der Waals surface area contributed by atoms with Gasteiger partial charge in [-0.2, -0.15) is 5.10 Å². The Morgan fingerprint density at radius 2 is 2.15 bits per heavy atom. The summed E-state index contributed by atoms with van der Waals surface area (Å²) < 4.78 is 0. The highest BCUT2D eigenvalue weighted by atomic mass is 16.5. The summed E-state index contributed by atoms with van der Waals surface area (Å²) in [6.07, 6.45) is -1.43. The fourth-order valence-corrected chi connectivity index (χ4v) is 1.32. The Morgan fingerprint density at radius 3 is 2.85 bits per heavy atom. The van der Waals surface area contributed by atoms with Crippen LogP contribution in [0.15, 0.2) is 18.2 Å². The lowest BCUT2D eigenvalue weighted by Crippen LogP contribution is -1.93. The summed E-state index contributed by atoms with van der Waals surface area (Å²) in [6, 6.07) is 5.15. The Labute approximate surface area is 74.8 Å². The van der Waals surface area contributed by atoms with Crippen molar-refractivity contribution >= 4 is 10.9 Å². The number of fused-ring (bicyclic) bond motifs is 1. The topological polar surface area (TPSA) is 69.1 Å². The lowest BCUT2D eigenvalue weighted by Gasteiger charge is -2.01. The lowest BCUT2D eigenvalue weighted by molar-refractivity contribution is -0.0423. The van der Waals surface area contributed by atoms with E-state index in [0.29, 0.717) is 5.56 Å². The lowest BCUT2D eigenvalue weighted by atomic mass is 10.1. The summed E-state index contributed by atoms with van der Waals surface area (Å²) >= 11 is 0. The maximum absolute atomic E-state index is 8.91. The van der Waals surface area contributed by atoms with Crippen molar-refractivity contribution in [1.82, 2.24) is 10.2 Å². The third kappa shape index (κ3) is 1.30. The molecule has 0 amide bonds. The minimum Gasteiger partial charge on any atom is -0.364 e. The van der Waals surface area contributed by atoms with E-state index in [1.54, 1.807) is 12.1 Å². The molecule has 0 aliphatic rings. The number of nitrogens with one attached hydrogen (secondary N) is 1. The molecule has 0 atom stereocenters. The first-order chi connectivity index (χ1) is 6.18. The number of nitrogens with zero attached hydrogens (tertiary/aromatic N) is 1. The van der Waals surface area contributed by atoms with Gasteiger partial charge in [-0.1, -0.05) is 12.1 Å². The predicted octanol–water partition coefficient (Wildman–Crippen LogP) is 0.855. The quantitative estimate of drug-likeness (QED) is 0.567. The molecule has 0 saturated carbocycles. The fraction of sp³-hybridized carbons (Fsp3) is 0.222. The van der Waals surface area contributed by atoms with Crippen LogP contribution in [0.1, 0.15) is 17.5 Å². The molecule has 1 aromatic carbocycles. The molecule has 0 fully saturated rings. The summed E-state index contributed by atoms with van der Waals surface area (Å²) in [7, 11) is 0. The number of hydrogen-bond acceptors (Lipinski definition) is 3. The molecule has 0 spiro atoms. The summed E-state index contributed by atoms with van der Waals surface area (Å²) in [6.45, 7) is 1.92. The number of aromatic amines is 1. The van der Waals surface area contributed by atoms with Crippen molar-refractivity contribution in [1.29, 1.82) is 0 Å². The standard InChI is InChI=1S/C9H10N2O2/c1-5-7-3-2-6(9(12)13)4-8(7)11-10-5/h2-4,9,12-13H,1H3,(H,10,11). The molecule has 0 aliphatic carbocycles. The number of benzene rings is 1. The van der Waals surface area contributed by atoms with Crippen LogP contribution in [0, 0.1) is 6.92 Å². The monoisotopic (exact) mass is 178 g/mol. The number of aryl methyl sites for hydroxylation is 1. The van der Waals surface area contributed by atoms with Crippen LogP contribution in [0.4, 0.5) is 0 Å². The molecule has 13 heavy (non-hydrogen) atoms. The second kappa shape index (κ2) is 2.83. The smallest absolute Gasteiger partial charge is 0.178 e. The first kappa shape index (κ1) is 8.22. The van der Waals surface area contributed by atoms with Crippen LogP contribution in [-0.2, 0) is 0 Å². The number of hydrogen-bond donors (Lipinski definition) is 3. The molecule has 1 aromatic heterocycles. The van der Waals surface area contributed by atoms with Gasteiger partial charge in [-0.15, -0.1) is 0 Å². The molecule has 2 rings (SSSR count). The van der Waals surface area contributed by atoms with Crippen molar-refractivity contribution < 1.29 is 10.2 Å². The average molecular weight is 178 g/mol. The van der Waals surface area contributed by atoms with Gasteiger partial charge >= 0.3 is 0 Å². The number of H-pyrrole nitrogens is 1. The van der Waals surface area contributed by atoms with Crippen LogP contribution >= 0.6 is 0 Å².